The van der Waals surface area contributed by atoms with Gasteiger partial charge in [0.25, 0.3) is 0 Å². The van der Waals surface area contributed by atoms with Crippen molar-refractivity contribution in [2.45, 2.75) is 0 Å². The fourth-order valence-electron chi connectivity index (χ4n) is 2.14. The first kappa shape index (κ1) is 8.66. The van der Waals surface area contributed by atoms with E-state index in [4.69, 9.17) is 0 Å². The summed E-state index contributed by atoms with van der Waals surface area (Å²) in [5, 5.41) is 2.63. The lowest BCUT2D eigenvalue weighted by molar-refractivity contribution is 1.56. The van der Waals surface area contributed by atoms with Crippen LogP contribution in [0.25, 0.3) is 21.8 Å². The van der Waals surface area contributed by atoms with Crippen molar-refractivity contribution >= 4 is 48.4 Å². The molecule has 0 saturated heterocycles. The van der Waals surface area contributed by atoms with Crippen LogP contribution in [0.15, 0.2) is 36.4 Å². The van der Waals surface area contributed by atoms with Gasteiger partial charge in [-0.2, -0.15) is 0 Å². The summed E-state index contributed by atoms with van der Waals surface area (Å²) in [6.45, 7) is 0. The van der Waals surface area contributed by atoms with Crippen molar-refractivity contribution in [3.05, 3.63) is 36.4 Å². The molecule has 0 spiro atoms. The Balaban J connectivity index is 2.51. The van der Waals surface area contributed by atoms with Gasteiger partial charge in [0.15, 0.2) is 0 Å². The van der Waals surface area contributed by atoms with Crippen LogP contribution in [0.4, 0.5) is 0 Å². The molecule has 0 fully saturated rings. The largest absolute Gasteiger partial charge is 0.355 e. The number of rotatable bonds is 0. The lowest BCUT2D eigenvalue weighted by Crippen LogP contribution is -1.98. The Morgan fingerprint density at radius 1 is 0.733 bits per heavy atom. The summed E-state index contributed by atoms with van der Waals surface area (Å²) in [6, 6.07) is 13.1. The predicted octanol–water partition coefficient (Wildman–Crippen LogP) is -0.162. The van der Waals surface area contributed by atoms with Crippen LogP contribution in [0.1, 0.15) is 0 Å². The van der Waals surface area contributed by atoms with E-state index in [1.807, 2.05) is 0 Å². The first-order valence-corrected chi connectivity index (χ1v) is 5.23. The molecule has 3 heteroatoms. The van der Waals surface area contributed by atoms with E-state index in [1.165, 1.54) is 32.7 Å². The summed E-state index contributed by atoms with van der Waals surface area (Å²) in [7, 11) is 4.24. The fourth-order valence-corrected chi connectivity index (χ4v) is 2.14. The summed E-state index contributed by atoms with van der Waals surface area (Å²) >= 11 is 0. The van der Waals surface area contributed by atoms with Gasteiger partial charge >= 0.3 is 0 Å². The minimum Gasteiger partial charge on any atom is -0.355 e. The molecule has 15 heavy (non-hydrogen) atoms. The molecule has 0 amide bonds. The third-order valence-electron chi connectivity index (χ3n) is 2.91. The Kier molecular flexibility index (Phi) is 1.69. The van der Waals surface area contributed by atoms with Crippen LogP contribution >= 0.6 is 0 Å². The monoisotopic (exact) mass is 191 g/mol. The highest BCUT2D eigenvalue weighted by molar-refractivity contribution is 6.34. The van der Waals surface area contributed by atoms with E-state index in [1.54, 1.807) is 0 Å². The second kappa shape index (κ2) is 2.93. The maximum absolute atomic E-state index is 3.46. The molecular formula is C12H11B2N. The van der Waals surface area contributed by atoms with Gasteiger partial charge in [-0.05, 0) is 12.1 Å². The lowest BCUT2D eigenvalue weighted by Gasteiger charge is -1.93. The molecule has 3 rings (SSSR count). The van der Waals surface area contributed by atoms with Gasteiger partial charge in [-0.3, -0.25) is 0 Å². The van der Waals surface area contributed by atoms with Gasteiger partial charge in [0, 0.05) is 21.8 Å². The number of fused-ring (bicyclic) bond motifs is 3. The minimum absolute atomic E-state index is 1.23. The molecule has 1 aromatic heterocycles. The van der Waals surface area contributed by atoms with Crippen LogP contribution in [0.2, 0.25) is 0 Å². The number of hydrogen-bond donors (Lipinski definition) is 1. The van der Waals surface area contributed by atoms with E-state index in [2.05, 4.69) is 57.1 Å². The molecule has 0 atom stereocenters. The van der Waals surface area contributed by atoms with Crippen molar-refractivity contribution < 1.29 is 0 Å². The van der Waals surface area contributed by atoms with Crippen molar-refractivity contribution in [1.82, 2.24) is 4.98 Å². The second-order valence-electron chi connectivity index (χ2n) is 4.22. The van der Waals surface area contributed by atoms with Gasteiger partial charge in [0.05, 0.1) is 0 Å². The van der Waals surface area contributed by atoms with Gasteiger partial charge < -0.3 is 4.98 Å². The van der Waals surface area contributed by atoms with Crippen molar-refractivity contribution in [2.75, 3.05) is 0 Å². The van der Waals surface area contributed by atoms with E-state index >= 15 is 0 Å². The summed E-state index contributed by atoms with van der Waals surface area (Å²) < 4.78 is 0. The Labute approximate surface area is 90.3 Å². The zero-order valence-corrected chi connectivity index (χ0v) is 8.96. The summed E-state index contributed by atoms with van der Waals surface area (Å²) in [6.07, 6.45) is 0. The first-order valence-electron chi connectivity index (χ1n) is 5.23. The summed E-state index contributed by atoms with van der Waals surface area (Å²) in [5.74, 6) is 0. The average Bonchev–Trinajstić information content (AvgIpc) is 2.53. The van der Waals surface area contributed by atoms with E-state index in [0.717, 1.165) is 0 Å². The molecule has 1 nitrogen and oxygen atoms in total. The Morgan fingerprint density at radius 3 is 1.67 bits per heavy atom. The molecule has 0 aliphatic carbocycles. The standard InChI is InChI=1S/C12H11B2N/c13-7-1-3-9-10-4-2-8(14)6-12(10)15-11(9)5-7/h1-6,15H,13-14H2. The van der Waals surface area contributed by atoms with Crippen LogP contribution in [0.5, 0.6) is 0 Å². The minimum atomic E-state index is 1.23. The molecule has 0 bridgehead atoms. The highest BCUT2D eigenvalue weighted by atomic mass is 14.7. The fraction of sp³-hybridized carbons (Fsp3) is 0. The first-order chi connectivity index (χ1) is 7.24. The van der Waals surface area contributed by atoms with Crippen LogP contribution in [0, 0.1) is 0 Å². The highest BCUT2D eigenvalue weighted by Gasteiger charge is 2.03. The van der Waals surface area contributed by atoms with Gasteiger partial charge in [-0.25, -0.2) is 0 Å². The van der Waals surface area contributed by atoms with Crippen LogP contribution in [0.3, 0.4) is 0 Å². The number of H-pyrrole nitrogens is 1. The predicted molar refractivity (Wildman–Crippen MR) is 72.2 cm³/mol. The molecule has 0 radical (unpaired) electrons. The summed E-state index contributed by atoms with van der Waals surface area (Å²) in [4.78, 5) is 3.46. The molecule has 2 aromatic carbocycles. The van der Waals surface area contributed by atoms with Crippen LogP contribution in [-0.2, 0) is 0 Å². The molecule has 0 aliphatic rings. The van der Waals surface area contributed by atoms with Crippen molar-refractivity contribution in [2.24, 2.45) is 0 Å². The molecule has 1 heterocycles. The zero-order chi connectivity index (χ0) is 10.4. The molecule has 70 valence electrons. The molecule has 0 saturated carbocycles. The Bertz CT molecular complexity index is 599. The number of benzene rings is 2. The van der Waals surface area contributed by atoms with E-state index in [9.17, 15) is 0 Å². The summed E-state index contributed by atoms with van der Waals surface area (Å²) in [5.41, 5.74) is 5.06. The Morgan fingerprint density at radius 2 is 1.20 bits per heavy atom. The number of aromatic nitrogens is 1. The van der Waals surface area contributed by atoms with Crippen molar-refractivity contribution in [3.63, 3.8) is 0 Å². The Hall–Kier alpha value is -1.63. The normalized spacial score (nSPS) is 11.2. The number of aromatic amines is 1. The van der Waals surface area contributed by atoms with Gasteiger partial charge in [-0.15, -0.1) is 0 Å². The van der Waals surface area contributed by atoms with Crippen molar-refractivity contribution in [1.29, 1.82) is 0 Å². The molecule has 0 aliphatic heterocycles. The van der Waals surface area contributed by atoms with E-state index in [0.29, 0.717) is 0 Å². The topological polar surface area (TPSA) is 15.8 Å². The van der Waals surface area contributed by atoms with Gasteiger partial charge in [0.1, 0.15) is 15.7 Å². The lowest BCUT2D eigenvalue weighted by atomic mass is 9.94. The molecule has 1 N–H and O–H groups in total. The van der Waals surface area contributed by atoms with E-state index < -0.39 is 0 Å². The SMILES string of the molecule is Bc1ccc2c(c1)[nH]c1cc(B)ccc12. The van der Waals surface area contributed by atoms with Crippen LogP contribution < -0.4 is 10.9 Å². The van der Waals surface area contributed by atoms with E-state index in [-0.39, 0.29) is 0 Å². The maximum Gasteiger partial charge on any atom is 0.139 e. The van der Waals surface area contributed by atoms with Crippen LogP contribution in [-0.4, -0.2) is 20.7 Å². The maximum atomic E-state index is 3.46. The molecule has 3 aromatic rings. The quantitative estimate of drug-likeness (QED) is 0.475. The smallest absolute Gasteiger partial charge is 0.139 e. The number of nitrogens with one attached hydrogen (secondary N) is 1. The van der Waals surface area contributed by atoms with Gasteiger partial charge in [-0.1, -0.05) is 35.2 Å². The zero-order valence-electron chi connectivity index (χ0n) is 8.96. The third-order valence-corrected chi connectivity index (χ3v) is 2.91. The van der Waals surface area contributed by atoms with Crippen molar-refractivity contribution in [3.8, 4) is 0 Å². The molecule has 0 unspecified atom stereocenters. The number of hydrogen-bond acceptors (Lipinski definition) is 0. The van der Waals surface area contributed by atoms with Gasteiger partial charge in [0.2, 0.25) is 0 Å². The second-order valence-corrected chi connectivity index (χ2v) is 4.22. The average molecular weight is 191 g/mol. The highest BCUT2D eigenvalue weighted by Crippen LogP contribution is 2.23. The third kappa shape index (κ3) is 1.27. The molecular weight excluding hydrogens is 180 g/mol.